The van der Waals surface area contributed by atoms with Gasteiger partial charge < -0.3 is 14.6 Å². The highest BCUT2D eigenvalue weighted by Gasteiger charge is 2.26. The van der Waals surface area contributed by atoms with Crippen LogP contribution in [0.25, 0.3) is 21.9 Å². The van der Waals surface area contributed by atoms with E-state index < -0.39 is 0 Å². The van der Waals surface area contributed by atoms with Crippen molar-refractivity contribution in [3.05, 3.63) is 78.2 Å². The van der Waals surface area contributed by atoms with Crippen molar-refractivity contribution in [1.82, 2.24) is 15.2 Å². The molecule has 0 unspecified atom stereocenters. The minimum Gasteiger partial charge on any atom is -0.464 e. The molecular formula is C31H35N3O2. The van der Waals surface area contributed by atoms with Gasteiger partial charge in [-0.05, 0) is 107 Å². The monoisotopic (exact) mass is 481 g/mol. The number of fused-ring (bicyclic) bond motifs is 2. The number of rotatable bonds is 6. The van der Waals surface area contributed by atoms with Crippen molar-refractivity contribution in [1.29, 1.82) is 0 Å². The van der Waals surface area contributed by atoms with E-state index in [1.165, 1.54) is 62.7 Å². The Hall–Kier alpha value is -3.18. The molecule has 1 amide bonds. The number of carbonyl (C=O) groups excluding carboxylic acids is 1. The van der Waals surface area contributed by atoms with Crippen LogP contribution in [0.15, 0.2) is 71.5 Å². The lowest BCUT2D eigenvalue weighted by Gasteiger charge is -2.34. The van der Waals surface area contributed by atoms with Crippen LogP contribution >= 0.6 is 0 Å². The van der Waals surface area contributed by atoms with Gasteiger partial charge >= 0.3 is 0 Å². The van der Waals surface area contributed by atoms with Gasteiger partial charge in [0, 0.05) is 34.1 Å². The average molecular weight is 482 g/mol. The second kappa shape index (κ2) is 10.4. The molecule has 6 rings (SSSR count). The van der Waals surface area contributed by atoms with Crippen LogP contribution in [-0.4, -0.2) is 41.5 Å². The zero-order valence-corrected chi connectivity index (χ0v) is 20.9. The molecule has 4 aromatic rings. The Morgan fingerprint density at radius 1 is 0.972 bits per heavy atom. The van der Waals surface area contributed by atoms with Crippen molar-refractivity contribution >= 4 is 27.8 Å². The van der Waals surface area contributed by atoms with E-state index in [1.807, 2.05) is 42.7 Å². The summed E-state index contributed by atoms with van der Waals surface area (Å²) in [7, 11) is 0. The van der Waals surface area contributed by atoms with E-state index in [2.05, 4.69) is 33.4 Å². The second-order valence-electron chi connectivity index (χ2n) is 10.7. The first-order valence-corrected chi connectivity index (χ1v) is 13.6. The van der Waals surface area contributed by atoms with Gasteiger partial charge in [0.1, 0.15) is 5.58 Å². The Bertz CT molecular complexity index is 1330. The number of amides is 1. The number of aromatic nitrogens is 1. The zero-order valence-electron chi connectivity index (χ0n) is 20.9. The van der Waals surface area contributed by atoms with Gasteiger partial charge in [-0.25, -0.2) is 0 Å². The Morgan fingerprint density at radius 2 is 1.81 bits per heavy atom. The molecule has 2 aliphatic rings. The quantitative estimate of drug-likeness (QED) is 0.340. The van der Waals surface area contributed by atoms with Crippen molar-refractivity contribution < 1.29 is 9.21 Å². The highest BCUT2D eigenvalue weighted by atomic mass is 16.3. The molecule has 1 saturated carbocycles. The molecule has 3 heterocycles. The van der Waals surface area contributed by atoms with Gasteiger partial charge in [-0.1, -0.05) is 24.3 Å². The fourth-order valence-corrected chi connectivity index (χ4v) is 6.23. The Balaban J connectivity index is 0.933. The van der Waals surface area contributed by atoms with Crippen LogP contribution in [-0.2, 0) is 0 Å². The molecule has 1 saturated heterocycles. The van der Waals surface area contributed by atoms with E-state index in [1.54, 1.807) is 6.20 Å². The van der Waals surface area contributed by atoms with E-state index in [4.69, 9.17) is 4.42 Å². The number of hydrogen-bond donors (Lipinski definition) is 1. The van der Waals surface area contributed by atoms with Crippen molar-refractivity contribution in [2.45, 2.75) is 56.9 Å². The van der Waals surface area contributed by atoms with Crippen LogP contribution < -0.4 is 5.32 Å². The third-order valence-electron chi connectivity index (χ3n) is 8.44. The number of para-hydroxylation sites is 1. The van der Waals surface area contributed by atoms with Gasteiger partial charge in [0.15, 0.2) is 0 Å². The molecule has 2 aromatic heterocycles. The fraction of sp³-hybridized carbons (Fsp3) is 0.419. The predicted molar refractivity (Wildman–Crippen MR) is 144 cm³/mol. The summed E-state index contributed by atoms with van der Waals surface area (Å²) in [5.41, 5.74) is 4.06. The number of nitrogens with one attached hydrogen (secondary N) is 1. The maximum Gasteiger partial charge on any atom is 0.251 e. The van der Waals surface area contributed by atoms with Crippen molar-refractivity contribution in [2.75, 3.05) is 19.6 Å². The summed E-state index contributed by atoms with van der Waals surface area (Å²) >= 11 is 0. The van der Waals surface area contributed by atoms with Gasteiger partial charge in [0.05, 0.1) is 11.8 Å². The molecule has 5 heteroatoms. The molecule has 186 valence electrons. The lowest BCUT2D eigenvalue weighted by molar-refractivity contribution is 0.0919. The molecule has 1 N–H and O–H groups in total. The first-order valence-electron chi connectivity index (χ1n) is 13.6. The summed E-state index contributed by atoms with van der Waals surface area (Å²) in [6.45, 7) is 3.55. The summed E-state index contributed by atoms with van der Waals surface area (Å²) in [5, 5.41) is 5.58. The number of nitrogens with zero attached hydrogens (tertiary/aromatic N) is 2. The minimum atomic E-state index is 0.0393. The van der Waals surface area contributed by atoms with Crippen LogP contribution in [0.2, 0.25) is 0 Å². The molecule has 1 aliphatic carbocycles. The van der Waals surface area contributed by atoms with E-state index in [0.717, 1.165) is 40.8 Å². The number of piperidine rings is 1. The predicted octanol–water partition coefficient (Wildman–Crippen LogP) is 6.54. The number of hydrogen-bond acceptors (Lipinski definition) is 4. The Labute approximate surface area is 212 Å². The van der Waals surface area contributed by atoms with Gasteiger partial charge in [0.25, 0.3) is 5.91 Å². The van der Waals surface area contributed by atoms with Crippen LogP contribution in [0.5, 0.6) is 0 Å². The third kappa shape index (κ3) is 5.03. The van der Waals surface area contributed by atoms with E-state index in [0.29, 0.717) is 12.0 Å². The molecule has 36 heavy (non-hydrogen) atoms. The number of likely N-dealkylation sites (tertiary alicyclic amines) is 1. The Kier molecular flexibility index (Phi) is 6.73. The van der Waals surface area contributed by atoms with Crippen LogP contribution in [0, 0.1) is 5.92 Å². The molecule has 2 fully saturated rings. The second-order valence-corrected chi connectivity index (χ2v) is 10.7. The van der Waals surface area contributed by atoms with E-state index in [-0.39, 0.29) is 5.91 Å². The van der Waals surface area contributed by atoms with E-state index >= 15 is 0 Å². The van der Waals surface area contributed by atoms with Crippen molar-refractivity contribution in [3.63, 3.8) is 0 Å². The van der Waals surface area contributed by atoms with Crippen LogP contribution in [0.4, 0.5) is 0 Å². The maximum atomic E-state index is 12.8. The molecule has 5 nitrogen and oxygen atoms in total. The molecule has 0 spiro atoms. The SMILES string of the molecule is O=C(N[C@H]1CC[C@H](CCN2CCC(c3coc4ccccc34)CC2)CC1)c1ccc2ncccc2c1. The molecule has 0 atom stereocenters. The number of carbonyl (C=O) groups is 1. The number of benzene rings is 2. The average Bonchev–Trinajstić information content (AvgIpc) is 3.37. The zero-order chi connectivity index (χ0) is 24.3. The van der Waals surface area contributed by atoms with Gasteiger partial charge in [0.2, 0.25) is 0 Å². The van der Waals surface area contributed by atoms with Gasteiger partial charge in [-0.2, -0.15) is 0 Å². The van der Waals surface area contributed by atoms with Crippen LogP contribution in [0.3, 0.4) is 0 Å². The lowest BCUT2D eigenvalue weighted by atomic mass is 9.83. The normalized spacial score (nSPS) is 21.7. The number of pyridine rings is 1. The maximum absolute atomic E-state index is 12.8. The molecule has 2 aromatic carbocycles. The summed E-state index contributed by atoms with van der Waals surface area (Å²) < 4.78 is 5.79. The van der Waals surface area contributed by atoms with E-state index in [9.17, 15) is 4.79 Å². The minimum absolute atomic E-state index is 0.0393. The smallest absolute Gasteiger partial charge is 0.251 e. The first kappa shape index (κ1) is 23.2. The summed E-state index contributed by atoms with van der Waals surface area (Å²) in [5.74, 6) is 1.43. The largest absolute Gasteiger partial charge is 0.464 e. The van der Waals surface area contributed by atoms with Crippen LogP contribution in [0.1, 0.15) is 66.8 Å². The molecular weight excluding hydrogens is 446 g/mol. The van der Waals surface area contributed by atoms with Crippen molar-refractivity contribution in [2.24, 2.45) is 5.92 Å². The summed E-state index contributed by atoms with van der Waals surface area (Å²) in [4.78, 5) is 19.8. The lowest BCUT2D eigenvalue weighted by Crippen LogP contribution is -2.38. The fourth-order valence-electron chi connectivity index (χ4n) is 6.23. The number of furan rings is 1. The van der Waals surface area contributed by atoms with Crippen molar-refractivity contribution in [3.8, 4) is 0 Å². The molecule has 1 aliphatic heterocycles. The third-order valence-corrected chi connectivity index (χ3v) is 8.44. The summed E-state index contributed by atoms with van der Waals surface area (Å²) in [6, 6.07) is 18.4. The standard InChI is InChI=1S/C31H35N3O2/c35-31(25-9-12-29-24(20-25)4-3-16-32-29)33-26-10-7-22(8-11-26)13-17-34-18-14-23(15-19-34)28-21-36-30-6-2-1-5-27(28)30/h1-6,9,12,16,20-23,26H,7-8,10-11,13-15,17-19H2,(H,33,35)/t22-,26-. The van der Waals surface area contributed by atoms with Gasteiger partial charge in [-0.15, -0.1) is 0 Å². The highest BCUT2D eigenvalue weighted by Crippen LogP contribution is 2.35. The Morgan fingerprint density at radius 3 is 2.67 bits per heavy atom. The molecule has 0 bridgehead atoms. The molecule has 0 radical (unpaired) electrons. The summed E-state index contributed by atoms with van der Waals surface area (Å²) in [6.07, 6.45) is 12.1. The van der Waals surface area contributed by atoms with Gasteiger partial charge in [-0.3, -0.25) is 9.78 Å². The highest BCUT2D eigenvalue weighted by molar-refractivity contribution is 5.98. The topological polar surface area (TPSA) is 58.4 Å². The first-order chi connectivity index (χ1) is 17.7.